The maximum absolute atomic E-state index is 10.5. The topological polar surface area (TPSA) is 247 Å². The summed E-state index contributed by atoms with van der Waals surface area (Å²) in [6, 6.07) is 0. The van der Waals surface area contributed by atoms with Crippen LogP contribution in [0.5, 0.6) is 0 Å². The number of rotatable bonds is 0. The molecule has 16 nitrogen and oxygen atoms in total. The maximum atomic E-state index is 10.5. The molecule has 6 rings (SSSR count). The van der Waals surface area contributed by atoms with E-state index in [0.717, 1.165) is 69.0 Å². The minimum atomic E-state index is -4.69. The molecule has 0 saturated carbocycles. The zero-order chi connectivity index (χ0) is 35.2. The van der Waals surface area contributed by atoms with Crippen molar-refractivity contribution in [2.24, 2.45) is 0 Å². The van der Waals surface area contributed by atoms with E-state index in [1.807, 2.05) is 0 Å². The monoisotopic (exact) mass is 1020 g/mol. The third kappa shape index (κ3) is 42.1. The van der Waals surface area contributed by atoms with Crippen LogP contribution in [0.2, 0.25) is 0 Å². The average Bonchev–Trinajstić information content (AvgIpc) is 3.04. The molecule has 0 unspecified atom stereocenters. The van der Waals surface area contributed by atoms with Gasteiger partial charge in [-0.1, -0.05) is 0 Å². The Morgan fingerprint density at radius 2 is 0.417 bits per heavy atom. The predicted molar refractivity (Wildman–Crippen MR) is 174 cm³/mol. The van der Waals surface area contributed by atoms with Crippen molar-refractivity contribution in [3.63, 3.8) is 0 Å². The van der Waals surface area contributed by atoms with Crippen molar-refractivity contribution in [2.45, 2.75) is 0 Å². The Hall–Kier alpha value is 1.73. The van der Waals surface area contributed by atoms with E-state index in [0.29, 0.717) is 79.3 Å². The second-order valence-electron chi connectivity index (χ2n) is 9.16. The van der Waals surface area contributed by atoms with Gasteiger partial charge in [-0.3, -0.25) is 25.3 Å². The molecule has 284 valence electrons. The number of halogens is 1. The van der Waals surface area contributed by atoms with Crippen LogP contribution in [0.25, 0.3) is 0 Å². The Bertz CT molecular complexity index is 709. The summed E-state index contributed by atoms with van der Waals surface area (Å²) >= 11 is 0. The molecule has 1 N–H and O–H groups in total. The normalized spacial score (nSPS) is 23.2. The number of hydrogen-bond donors (Lipinski definition) is 1. The van der Waals surface area contributed by atoms with Crippen molar-refractivity contribution >= 4 is 64.8 Å². The fourth-order valence-corrected chi connectivity index (χ4v) is 7.92. The van der Waals surface area contributed by atoms with E-state index in [1.165, 1.54) is 0 Å². The Kier molecular flexibility index (Phi) is 38.6. The molecular weight excluding hydrogens is 973 g/mol. The molecular formula is C24H49ClHgO16S6+2. The van der Waals surface area contributed by atoms with E-state index in [4.69, 9.17) is 47.1 Å². The Balaban J connectivity index is 0. The van der Waals surface area contributed by atoms with Gasteiger partial charge in [-0.15, -0.1) is 0 Å². The number of hydrogen-bond acceptors (Lipinski definition) is 16. The first-order chi connectivity index (χ1) is 22.4. The largest absolute Gasteiger partial charge is 2.00 e. The third-order valence-electron chi connectivity index (χ3n) is 5.46. The summed E-state index contributed by atoms with van der Waals surface area (Å²) in [7, 11) is -8.09. The fraction of sp³-hybridized carbons (Fsp3) is 1.00. The Morgan fingerprint density at radius 1 is 0.333 bits per heavy atom. The number of ether oxygens (including phenoxy) is 6. The van der Waals surface area contributed by atoms with Crippen LogP contribution < -0.4 is 14.0 Å². The molecule has 0 bridgehead atoms. The van der Waals surface area contributed by atoms with E-state index in [2.05, 4.69) is 0 Å². The van der Waals surface area contributed by atoms with Gasteiger partial charge >= 0.3 is 27.7 Å². The van der Waals surface area contributed by atoms with Crippen LogP contribution in [0.15, 0.2) is 0 Å². The molecule has 0 atom stereocenters. The first-order valence-electron chi connectivity index (χ1n) is 14.6. The van der Waals surface area contributed by atoms with Gasteiger partial charge in [0.25, 0.3) is 0 Å². The van der Waals surface area contributed by atoms with Crippen LogP contribution in [0.3, 0.4) is 0 Å². The van der Waals surface area contributed by atoms with Crippen LogP contribution in [0.1, 0.15) is 0 Å². The first-order valence-corrected chi connectivity index (χ1v) is 24.8. The van der Waals surface area contributed by atoms with E-state index in [1.54, 1.807) is 0 Å². The van der Waals surface area contributed by atoms with Crippen LogP contribution in [-0.4, -0.2) is 178 Å². The summed E-state index contributed by atoms with van der Waals surface area (Å²) in [6.07, 6.45) is 0. The van der Waals surface area contributed by atoms with E-state index >= 15 is 0 Å². The zero-order valence-corrected chi connectivity index (χ0v) is 38.2. The zero-order valence-electron chi connectivity index (χ0n) is 27.1. The Labute approximate surface area is 320 Å². The summed E-state index contributed by atoms with van der Waals surface area (Å²) in [6.45, 7) is 8.25. The van der Waals surface area contributed by atoms with Crippen molar-refractivity contribution in [3.05, 3.63) is 0 Å². The van der Waals surface area contributed by atoms with Gasteiger partial charge in [0.15, 0.2) is 0 Å². The van der Waals surface area contributed by atoms with Crippen molar-refractivity contribution in [3.8, 4) is 0 Å². The maximum Gasteiger partial charge on any atom is 2.00 e. The molecule has 0 amide bonds. The molecule has 6 heterocycles. The standard InChI is InChI=1S/6C4H8O2S.ClHO4.Hg/c6*5-7-3-1-6-2-4-7;2-1(3,4)5;/h6*1-4H2;(H,2,3,4,5);/q;;;;;;;+2. The molecule has 0 aliphatic carbocycles. The van der Waals surface area contributed by atoms with Crippen LogP contribution in [0.4, 0.5) is 0 Å². The predicted octanol–water partition coefficient (Wildman–Crippen LogP) is -5.53. The molecule has 6 saturated heterocycles. The molecule has 6 fully saturated rings. The van der Waals surface area contributed by atoms with Gasteiger partial charge in [0.05, 0.1) is 94.2 Å². The molecule has 0 aromatic heterocycles. The SMILES string of the molecule is O=S1CCOCC1.O=S1CCOCC1.O=S1CCOCC1.O=S1CCOCC1.O=S1CCOCC1.O=S1CCOCC1.[Hg+2].[O-][Cl+3]([O-])([O-])O. The molecule has 0 aromatic rings. The molecule has 6 aliphatic heterocycles. The van der Waals surface area contributed by atoms with Gasteiger partial charge in [0.2, 0.25) is 0 Å². The summed E-state index contributed by atoms with van der Waals surface area (Å²) in [5.74, 6) is 8.83. The van der Waals surface area contributed by atoms with Crippen molar-refractivity contribution in [1.29, 1.82) is 0 Å². The van der Waals surface area contributed by atoms with Crippen LogP contribution in [0, 0.1) is 10.2 Å². The average molecular weight is 1020 g/mol. The van der Waals surface area contributed by atoms with Crippen LogP contribution in [-0.2, 0) is 121 Å². The fourth-order valence-electron chi connectivity index (χ4n) is 3.05. The quantitative estimate of drug-likeness (QED) is 0.223. The smallest absolute Gasteiger partial charge is 0.380 e. The molecule has 0 radical (unpaired) electrons. The Morgan fingerprint density at radius 3 is 0.458 bits per heavy atom. The van der Waals surface area contributed by atoms with Gasteiger partial charge in [0.1, 0.15) is 0 Å². The molecule has 0 aromatic carbocycles. The summed E-state index contributed by atoms with van der Waals surface area (Å²) in [5.41, 5.74) is 0. The van der Waals surface area contributed by atoms with Crippen LogP contribution >= 0.6 is 0 Å². The van der Waals surface area contributed by atoms with Gasteiger partial charge in [-0.2, -0.15) is 14.0 Å². The second-order valence-corrected chi connectivity index (χ2v) is 20.1. The van der Waals surface area contributed by atoms with E-state index in [-0.39, 0.29) is 27.7 Å². The van der Waals surface area contributed by atoms with E-state index in [9.17, 15) is 25.3 Å². The van der Waals surface area contributed by atoms with E-state index < -0.39 is 75.0 Å². The third-order valence-corrected chi connectivity index (χ3v) is 12.9. The molecule has 6 aliphatic rings. The van der Waals surface area contributed by atoms with Gasteiger partial charge in [-0.25, -0.2) is 0 Å². The minimum Gasteiger partial charge on any atom is -0.380 e. The summed E-state index contributed by atoms with van der Waals surface area (Å²) in [5, 5.41) is 0. The van der Waals surface area contributed by atoms with Crippen molar-refractivity contribution < 1.29 is 110 Å². The summed E-state index contributed by atoms with van der Waals surface area (Å²) < 4.78 is 125. The second kappa shape index (κ2) is 35.7. The minimum absolute atomic E-state index is 0. The first kappa shape index (κ1) is 51.8. The van der Waals surface area contributed by atoms with Crippen molar-refractivity contribution in [2.75, 3.05) is 148 Å². The molecule has 0 spiro atoms. The van der Waals surface area contributed by atoms with Crippen molar-refractivity contribution in [1.82, 2.24) is 0 Å². The summed E-state index contributed by atoms with van der Waals surface area (Å²) in [4.78, 5) is 0. The van der Waals surface area contributed by atoms with Gasteiger partial charge in [-0.05, 0) is 0 Å². The molecule has 48 heavy (non-hydrogen) atoms. The molecule has 24 heteroatoms. The van der Waals surface area contributed by atoms with Gasteiger partial charge < -0.3 is 28.4 Å². The van der Waals surface area contributed by atoms with Gasteiger partial charge in [0, 0.05) is 134 Å².